The van der Waals surface area contributed by atoms with E-state index in [2.05, 4.69) is 36.4 Å². The van der Waals surface area contributed by atoms with Crippen molar-refractivity contribution in [2.75, 3.05) is 5.75 Å². The average molecular weight is 352 g/mol. The highest BCUT2D eigenvalue weighted by Gasteiger charge is 2.03. The molecule has 0 aliphatic carbocycles. The number of unbranched alkanes of at least 4 members (excludes halogenated alkanes) is 1. The zero-order valence-corrected chi connectivity index (χ0v) is 15.6. The molecule has 1 aromatic carbocycles. The zero-order valence-electron chi connectivity index (χ0n) is 13.7. The molecule has 23 heavy (non-hydrogen) atoms. The number of hydrogen-bond donors (Lipinski definition) is 2. The van der Waals surface area contributed by atoms with Crippen molar-refractivity contribution in [2.45, 2.75) is 39.7 Å². The second kappa shape index (κ2) is 12.4. The van der Waals surface area contributed by atoms with E-state index in [1.807, 2.05) is 30.3 Å². The summed E-state index contributed by atoms with van der Waals surface area (Å²) in [6.45, 7) is 4.76. The first kappa shape index (κ1) is 20.0. The maximum atomic E-state index is 8.69. The Labute approximate surface area is 146 Å². The second-order valence-corrected chi connectivity index (χ2v) is 5.83. The number of nitrogens with zero attached hydrogens (tertiary/aromatic N) is 2. The first-order valence-electron chi connectivity index (χ1n) is 7.78. The van der Waals surface area contributed by atoms with Gasteiger partial charge in [-0.05, 0) is 23.4 Å². The van der Waals surface area contributed by atoms with E-state index in [1.165, 1.54) is 12.8 Å². The summed E-state index contributed by atoms with van der Waals surface area (Å²) in [4.78, 5) is 17.4. The maximum absolute atomic E-state index is 8.69. The molecule has 0 amide bonds. The summed E-state index contributed by atoms with van der Waals surface area (Å²) in [5.41, 5.74) is 2.92. The third kappa shape index (κ3) is 7.89. The number of hydrogen-bond acceptors (Lipinski definition) is 5. The summed E-state index contributed by atoms with van der Waals surface area (Å²) in [6, 6.07) is 9.80. The Hall–Kier alpha value is -1.00. The van der Waals surface area contributed by atoms with Crippen LogP contribution in [0.4, 0.5) is 0 Å². The molecule has 0 bridgehead atoms. The molecular formula is C17H25N2O2PS. The van der Waals surface area contributed by atoms with Gasteiger partial charge in [0.2, 0.25) is 0 Å². The molecule has 126 valence electrons. The van der Waals surface area contributed by atoms with Gasteiger partial charge >= 0.3 is 0 Å². The van der Waals surface area contributed by atoms with Crippen LogP contribution in [0.1, 0.15) is 38.1 Å². The van der Waals surface area contributed by atoms with Gasteiger partial charge in [0.05, 0.1) is 12.3 Å². The van der Waals surface area contributed by atoms with Crippen LogP contribution >= 0.6 is 21.7 Å². The van der Waals surface area contributed by atoms with Crippen LogP contribution in [-0.2, 0) is 17.6 Å². The van der Waals surface area contributed by atoms with E-state index in [0.717, 1.165) is 34.8 Å². The highest BCUT2D eigenvalue weighted by molar-refractivity contribution is 7.80. The van der Waals surface area contributed by atoms with Crippen LogP contribution < -0.4 is 0 Å². The topological polar surface area (TPSA) is 55.2 Å². The van der Waals surface area contributed by atoms with Gasteiger partial charge in [-0.15, -0.1) is 0 Å². The lowest BCUT2D eigenvalue weighted by atomic mass is 10.1. The van der Waals surface area contributed by atoms with Gasteiger partial charge in [0.1, 0.15) is 5.82 Å². The summed E-state index contributed by atoms with van der Waals surface area (Å²) >= 11 is 4.19. The largest absolute Gasteiger partial charge is 0.352 e. The summed E-state index contributed by atoms with van der Waals surface area (Å²) in [7, 11) is -0.490. The molecule has 1 aromatic heterocycles. The van der Waals surface area contributed by atoms with Gasteiger partial charge < -0.3 is 9.42 Å². The minimum absolute atomic E-state index is 0.400. The SMILES string of the molecule is CCCC.OPOCc1cccc(-c2ccnc(CCS)n2)c1. The molecule has 1 N–H and O–H groups in total. The number of aromatic nitrogens is 2. The molecule has 0 saturated heterocycles. The van der Waals surface area contributed by atoms with Gasteiger partial charge in [-0.1, -0.05) is 44.9 Å². The third-order valence-electron chi connectivity index (χ3n) is 3.07. The molecule has 1 heterocycles. The van der Waals surface area contributed by atoms with E-state index in [9.17, 15) is 0 Å². The van der Waals surface area contributed by atoms with Crippen molar-refractivity contribution in [3.63, 3.8) is 0 Å². The number of thiol groups is 1. The molecule has 0 aliphatic rings. The highest BCUT2D eigenvalue weighted by atomic mass is 32.1. The van der Waals surface area contributed by atoms with Crippen molar-refractivity contribution >= 4 is 21.7 Å². The maximum Gasteiger partial charge on any atom is 0.152 e. The van der Waals surface area contributed by atoms with Gasteiger partial charge in [-0.25, -0.2) is 9.97 Å². The van der Waals surface area contributed by atoms with Crippen LogP contribution in [0.15, 0.2) is 36.5 Å². The summed E-state index contributed by atoms with van der Waals surface area (Å²) in [5.74, 6) is 1.53. The molecule has 0 fully saturated rings. The Bertz CT molecular complexity index is 568. The van der Waals surface area contributed by atoms with Crippen molar-refractivity contribution in [3.05, 3.63) is 47.9 Å². The Kier molecular flexibility index (Phi) is 10.8. The molecule has 0 spiro atoms. The number of aryl methyl sites for hydroxylation is 1. The predicted octanol–water partition coefficient (Wildman–Crippen LogP) is 4.44. The van der Waals surface area contributed by atoms with Gasteiger partial charge in [-0.2, -0.15) is 12.6 Å². The monoisotopic (exact) mass is 352 g/mol. The van der Waals surface area contributed by atoms with Crippen LogP contribution in [0.2, 0.25) is 0 Å². The lowest BCUT2D eigenvalue weighted by molar-refractivity contribution is 0.316. The van der Waals surface area contributed by atoms with E-state index in [0.29, 0.717) is 6.61 Å². The third-order valence-corrected chi connectivity index (χ3v) is 3.56. The molecule has 2 aromatic rings. The van der Waals surface area contributed by atoms with Crippen molar-refractivity contribution in [1.82, 2.24) is 9.97 Å². The fourth-order valence-electron chi connectivity index (χ4n) is 1.72. The Balaban J connectivity index is 0.000000593. The zero-order chi connectivity index (χ0) is 16.9. The molecule has 2 rings (SSSR count). The van der Waals surface area contributed by atoms with Crippen LogP contribution in [0.25, 0.3) is 11.3 Å². The van der Waals surface area contributed by atoms with Crippen molar-refractivity contribution in [2.24, 2.45) is 0 Å². The standard InChI is InChI=1S/C13H15N2O2PS.C4H10/c16-18-17-9-10-2-1-3-11(8-10)12-4-6-14-13(15-12)5-7-19;1-3-4-2/h1-4,6,8,16,18-19H,5,7,9H2;3-4H2,1-2H3. The molecule has 1 atom stereocenters. The van der Waals surface area contributed by atoms with Gasteiger partial charge in [0, 0.05) is 18.2 Å². The second-order valence-electron chi connectivity index (χ2n) is 4.91. The van der Waals surface area contributed by atoms with Crippen LogP contribution in [-0.4, -0.2) is 20.6 Å². The van der Waals surface area contributed by atoms with E-state index in [1.54, 1.807) is 6.20 Å². The normalized spacial score (nSPS) is 10.6. The minimum atomic E-state index is -0.490. The first-order valence-corrected chi connectivity index (χ1v) is 9.26. The molecule has 0 aliphatic heterocycles. The van der Waals surface area contributed by atoms with E-state index >= 15 is 0 Å². The Morgan fingerprint density at radius 2 is 2.00 bits per heavy atom. The first-order chi connectivity index (χ1) is 11.2. The molecule has 1 unspecified atom stereocenters. The van der Waals surface area contributed by atoms with E-state index < -0.39 is 9.03 Å². The van der Waals surface area contributed by atoms with Gasteiger partial charge in [0.15, 0.2) is 9.03 Å². The lowest BCUT2D eigenvalue weighted by Gasteiger charge is -2.06. The molecular weight excluding hydrogens is 327 g/mol. The quantitative estimate of drug-likeness (QED) is 0.571. The molecule has 0 radical (unpaired) electrons. The van der Waals surface area contributed by atoms with E-state index in [4.69, 9.17) is 9.42 Å². The van der Waals surface area contributed by atoms with Crippen LogP contribution in [0, 0.1) is 0 Å². The average Bonchev–Trinajstić information content (AvgIpc) is 2.61. The highest BCUT2D eigenvalue weighted by Crippen LogP contribution is 2.20. The molecule has 0 saturated carbocycles. The summed E-state index contributed by atoms with van der Waals surface area (Å²) in [5, 5.41) is 0. The van der Waals surface area contributed by atoms with Gasteiger partial charge in [0.25, 0.3) is 0 Å². The Morgan fingerprint density at radius 1 is 1.22 bits per heavy atom. The summed E-state index contributed by atoms with van der Waals surface area (Å²) in [6.07, 6.45) is 5.16. The van der Waals surface area contributed by atoms with Crippen LogP contribution in [0.5, 0.6) is 0 Å². The lowest BCUT2D eigenvalue weighted by Crippen LogP contribution is -1.97. The molecule has 4 nitrogen and oxygen atoms in total. The number of benzene rings is 1. The predicted molar refractivity (Wildman–Crippen MR) is 101 cm³/mol. The smallest absolute Gasteiger partial charge is 0.152 e. The number of rotatable bonds is 7. The van der Waals surface area contributed by atoms with E-state index in [-0.39, 0.29) is 0 Å². The molecule has 6 heteroatoms. The summed E-state index contributed by atoms with van der Waals surface area (Å²) < 4.78 is 5.01. The fraction of sp³-hybridized carbons (Fsp3) is 0.412. The Morgan fingerprint density at radius 3 is 2.65 bits per heavy atom. The van der Waals surface area contributed by atoms with Crippen LogP contribution in [0.3, 0.4) is 0 Å². The van der Waals surface area contributed by atoms with Crippen molar-refractivity contribution in [1.29, 1.82) is 0 Å². The van der Waals surface area contributed by atoms with Crippen molar-refractivity contribution < 1.29 is 9.42 Å². The minimum Gasteiger partial charge on any atom is -0.352 e. The van der Waals surface area contributed by atoms with Gasteiger partial charge in [-0.3, -0.25) is 0 Å². The van der Waals surface area contributed by atoms with Crippen molar-refractivity contribution in [3.8, 4) is 11.3 Å². The fourth-order valence-corrected chi connectivity index (χ4v) is 2.15.